The van der Waals surface area contributed by atoms with Crippen molar-refractivity contribution in [2.75, 3.05) is 6.54 Å². The molecule has 3 nitrogen and oxygen atoms in total. The lowest BCUT2D eigenvalue weighted by atomic mass is 9.97. The number of nitrogens with one attached hydrogen (secondary N) is 1. The summed E-state index contributed by atoms with van der Waals surface area (Å²) < 4.78 is 0. The zero-order valence-corrected chi connectivity index (χ0v) is 8.71. The molecule has 0 bridgehead atoms. The van der Waals surface area contributed by atoms with Gasteiger partial charge in [-0.25, -0.2) is 0 Å². The standard InChI is InChI=1S/C11H16N2O/c1-4-5-6-7-13-11(14)10(8-12)9(2)3/h1,9-10H,5-7H2,2-3H3,(H,13,14). The van der Waals surface area contributed by atoms with Crippen LogP contribution in [0.15, 0.2) is 0 Å². The number of amides is 1. The summed E-state index contributed by atoms with van der Waals surface area (Å²) in [5.41, 5.74) is 0. The molecule has 3 heteroatoms. The van der Waals surface area contributed by atoms with E-state index in [1.807, 2.05) is 19.9 Å². The minimum Gasteiger partial charge on any atom is -0.355 e. The summed E-state index contributed by atoms with van der Waals surface area (Å²) in [6.07, 6.45) is 6.48. The quantitative estimate of drug-likeness (QED) is 0.527. The highest BCUT2D eigenvalue weighted by Crippen LogP contribution is 2.09. The van der Waals surface area contributed by atoms with Gasteiger partial charge in [0.1, 0.15) is 5.92 Å². The van der Waals surface area contributed by atoms with Crippen molar-refractivity contribution in [2.45, 2.75) is 26.7 Å². The predicted molar refractivity (Wildman–Crippen MR) is 55.0 cm³/mol. The second kappa shape index (κ2) is 6.97. The summed E-state index contributed by atoms with van der Waals surface area (Å²) >= 11 is 0. The van der Waals surface area contributed by atoms with Crippen LogP contribution in [0.5, 0.6) is 0 Å². The first kappa shape index (κ1) is 12.5. The molecule has 0 aromatic carbocycles. The van der Waals surface area contributed by atoms with E-state index in [4.69, 9.17) is 11.7 Å². The monoisotopic (exact) mass is 192 g/mol. The van der Waals surface area contributed by atoms with E-state index < -0.39 is 5.92 Å². The molecule has 0 aromatic heterocycles. The Balaban J connectivity index is 3.85. The first-order valence-corrected chi connectivity index (χ1v) is 4.74. The summed E-state index contributed by atoms with van der Waals surface area (Å²) in [6.45, 7) is 4.26. The highest BCUT2D eigenvalue weighted by Gasteiger charge is 2.20. The van der Waals surface area contributed by atoms with E-state index >= 15 is 0 Å². The van der Waals surface area contributed by atoms with Gasteiger partial charge in [0.2, 0.25) is 5.91 Å². The lowest BCUT2D eigenvalue weighted by molar-refractivity contribution is -0.124. The minimum absolute atomic E-state index is 0.0487. The van der Waals surface area contributed by atoms with Gasteiger partial charge < -0.3 is 5.32 Å². The van der Waals surface area contributed by atoms with Gasteiger partial charge in [0.05, 0.1) is 6.07 Å². The van der Waals surface area contributed by atoms with E-state index in [-0.39, 0.29) is 11.8 Å². The van der Waals surface area contributed by atoms with Gasteiger partial charge in [-0.3, -0.25) is 4.79 Å². The fourth-order valence-electron chi connectivity index (χ4n) is 1.02. The lowest BCUT2D eigenvalue weighted by Gasteiger charge is -2.12. The maximum absolute atomic E-state index is 11.4. The minimum atomic E-state index is -0.555. The SMILES string of the molecule is C#CCCCNC(=O)C(C#N)C(C)C. The van der Waals surface area contributed by atoms with Crippen molar-refractivity contribution < 1.29 is 4.79 Å². The Bertz CT molecular complexity index is 257. The summed E-state index contributed by atoms with van der Waals surface area (Å²) in [5, 5.41) is 11.4. The lowest BCUT2D eigenvalue weighted by Crippen LogP contribution is -2.33. The van der Waals surface area contributed by atoms with Gasteiger partial charge in [0.15, 0.2) is 0 Å². The van der Waals surface area contributed by atoms with Crippen LogP contribution in [0.3, 0.4) is 0 Å². The second-order valence-corrected chi connectivity index (χ2v) is 3.45. The fourth-order valence-corrected chi connectivity index (χ4v) is 1.02. The molecule has 0 aliphatic carbocycles. The molecular weight excluding hydrogens is 176 g/mol. The van der Waals surface area contributed by atoms with E-state index in [9.17, 15) is 4.79 Å². The van der Waals surface area contributed by atoms with Crippen molar-refractivity contribution in [2.24, 2.45) is 11.8 Å². The number of nitriles is 1. The second-order valence-electron chi connectivity index (χ2n) is 3.45. The third-order valence-electron chi connectivity index (χ3n) is 1.89. The molecule has 1 atom stereocenters. The summed E-state index contributed by atoms with van der Waals surface area (Å²) in [7, 11) is 0. The van der Waals surface area contributed by atoms with Gasteiger partial charge in [-0.05, 0) is 12.3 Å². The summed E-state index contributed by atoms with van der Waals surface area (Å²) in [6, 6.07) is 1.99. The molecule has 0 aliphatic heterocycles. The van der Waals surface area contributed by atoms with Crippen molar-refractivity contribution in [3.8, 4) is 18.4 Å². The Morgan fingerprint density at radius 1 is 1.57 bits per heavy atom. The van der Waals surface area contributed by atoms with Gasteiger partial charge in [0.25, 0.3) is 0 Å². The number of carbonyl (C=O) groups is 1. The van der Waals surface area contributed by atoms with Crippen molar-refractivity contribution in [3.05, 3.63) is 0 Å². The predicted octanol–water partition coefficient (Wildman–Crippen LogP) is 1.31. The average Bonchev–Trinajstić information content (AvgIpc) is 2.13. The Kier molecular flexibility index (Phi) is 6.24. The Morgan fingerprint density at radius 3 is 2.64 bits per heavy atom. The highest BCUT2D eigenvalue weighted by molar-refractivity contribution is 5.81. The Labute approximate surface area is 85.5 Å². The molecule has 0 aromatic rings. The van der Waals surface area contributed by atoms with Crippen LogP contribution >= 0.6 is 0 Å². The van der Waals surface area contributed by atoms with Gasteiger partial charge >= 0.3 is 0 Å². The first-order chi connectivity index (χ1) is 6.63. The molecule has 1 amide bonds. The van der Waals surface area contributed by atoms with E-state index in [1.54, 1.807) is 0 Å². The highest BCUT2D eigenvalue weighted by atomic mass is 16.1. The molecule has 1 unspecified atom stereocenters. The van der Waals surface area contributed by atoms with Crippen LogP contribution in [0.2, 0.25) is 0 Å². The first-order valence-electron chi connectivity index (χ1n) is 4.74. The molecule has 0 heterocycles. The van der Waals surface area contributed by atoms with Crippen LogP contribution < -0.4 is 5.32 Å². The van der Waals surface area contributed by atoms with Crippen molar-refractivity contribution in [1.29, 1.82) is 5.26 Å². The Hall–Kier alpha value is -1.48. The number of terminal acetylenes is 1. The van der Waals surface area contributed by atoms with E-state index in [0.29, 0.717) is 13.0 Å². The van der Waals surface area contributed by atoms with Crippen molar-refractivity contribution in [3.63, 3.8) is 0 Å². The molecule has 0 spiro atoms. The molecule has 0 radical (unpaired) electrons. The molecule has 0 aliphatic rings. The van der Waals surface area contributed by atoms with Gasteiger partial charge in [0, 0.05) is 13.0 Å². The zero-order chi connectivity index (χ0) is 11.0. The van der Waals surface area contributed by atoms with Crippen LogP contribution in [0, 0.1) is 35.5 Å². The molecule has 0 saturated carbocycles. The molecule has 76 valence electrons. The van der Waals surface area contributed by atoms with Gasteiger partial charge in [-0.15, -0.1) is 12.3 Å². The normalized spacial score (nSPS) is 11.5. The number of nitrogens with zero attached hydrogens (tertiary/aromatic N) is 1. The van der Waals surface area contributed by atoms with Crippen molar-refractivity contribution >= 4 is 5.91 Å². The van der Waals surface area contributed by atoms with Crippen molar-refractivity contribution in [1.82, 2.24) is 5.32 Å². The van der Waals surface area contributed by atoms with Crippen LogP contribution in [0.1, 0.15) is 26.7 Å². The van der Waals surface area contributed by atoms with E-state index in [1.165, 1.54) is 0 Å². The van der Waals surface area contributed by atoms with E-state index in [2.05, 4.69) is 11.2 Å². The topological polar surface area (TPSA) is 52.9 Å². The largest absolute Gasteiger partial charge is 0.355 e. The average molecular weight is 192 g/mol. The molecule has 0 rings (SSSR count). The maximum atomic E-state index is 11.4. The van der Waals surface area contributed by atoms with Gasteiger partial charge in [-0.1, -0.05) is 13.8 Å². The number of unbranched alkanes of at least 4 members (excludes halogenated alkanes) is 1. The molecule has 14 heavy (non-hydrogen) atoms. The smallest absolute Gasteiger partial charge is 0.237 e. The van der Waals surface area contributed by atoms with Crippen LogP contribution in [0.25, 0.3) is 0 Å². The number of rotatable bonds is 5. The van der Waals surface area contributed by atoms with Crippen LogP contribution in [-0.2, 0) is 4.79 Å². The Morgan fingerprint density at radius 2 is 2.21 bits per heavy atom. The molecule has 1 N–H and O–H groups in total. The zero-order valence-electron chi connectivity index (χ0n) is 8.71. The third kappa shape index (κ3) is 4.52. The summed E-state index contributed by atoms with van der Waals surface area (Å²) in [4.78, 5) is 11.4. The molecule has 0 saturated heterocycles. The summed E-state index contributed by atoms with van der Waals surface area (Å²) in [5.74, 6) is 1.79. The number of carbonyl (C=O) groups excluding carboxylic acids is 1. The third-order valence-corrected chi connectivity index (χ3v) is 1.89. The van der Waals surface area contributed by atoms with Crippen LogP contribution in [0.4, 0.5) is 0 Å². The van der Waals surface area contributed by atoms with E-state index in [0.717, 1.165) is 6.42 Å². The number of hydrogen-bond acceptors (Lipinski definition) is 2. The fraction of sp³-hybridized carbons (Fsp3) is 0.636. The van der Waals surface area contributed by atoms with Gasteiger partial charge in [-0.2, -0.15) is 5.26 Å². The molecular formula is C11H16N2O. The molecule has 0 fully saturated rings. The maximum Gasteiger partial charge on any atom is 0.237 e. The van der Waals surface area contributed by atoms with Crippen LogP contribution in [-0.4, -0.2) is 12.5 Å². The number of hydrogen-bond donors (Lipinski definition) is 1.